The van der Waals surface area contributed by atoms with E-state index in [1.54, 1.807) is 36.9 Å². The highest BCUT2D eigenvalue weighted by atomic mass is 32.2. The van der Waals surface area contributed by atoms with E-state index in [1.165, 1.54) is 6.07 Å². The number of carbonyl (C=O) groups excluding carboxylic acids is 1. The van der Waals surface area contributed by atoms with E-state index < -0.39 is 10.0 Å². The van der Waals surface area contributed by atoms with Gasteiger partial charge in [-0.15, -0.1) is 0 Å². The van der Waals surface area contributed by atoms with Gasteiger partial charge in [-0.05, 0) is 51.3 Å². The van der Waals surface area contributed by atoms with Gasteiger partial charge in [0.2, 0.25) is 0 Å². The molecule has 8 heteroatoms. The maximum atomic E-state index is 13.1. The van der Waals surface area contributed by atoms with E-state index in [4.69, 9.17) is 5.26 Å². The van der Waals surface area contributed by atoms with Crippen molar-refractivity contribution in [2.45, 2.75) is 38.0 Å². The third kappa shape index (κ3) is 3.83. The van der Waals surface area contributed by atoms with E-state index in [1.807, 2.05) is 6.07 Å². The van der Waals surface area contributed by atoms with Crippen molar-refractivity contribution in [3.05, 3.63) is 46.8 Å². The summed E-state index contributed by atoms with van der Waals surface area (Å²) in [4.78, 5) is 17.7. The Bertz CT molecular complexity index is 1010. The fourth-order valence-electron chi connectivity index (χ4n) is 3.47. The van der Waals surface area contributed by atoms with Crippen LogP contribution in [0.2, 0.25) is 0 Å². The molecule has 1 aliphatic heterocycles. The number of hydrogen-bond donors (Lipinski definition) is 2. The number of aromatic nitrogens is 1. The van der Waals surface area contributed by atoms with Crippen LogP contribution in [-0.4, -0.2) is 37.3 Å². The molecular weight excluding hydrogens is 364 g/mol. The summed E-state index contributed by atoms with van der Waals surface area (Å²) in [6.07, 6.45) is 2.93. The lowest BCUT2D eigenvalue weighted by Gasteiger charge is -2.27. The standard InChI is InChI=1S/C19H22N4O3S/c1-13-17(19(24)23-9-4-3-5-10-23)18(14(2)21-13)27(25,26)22-16-8-6-7-15(11-16)12-20/h6-8,11,21-22H,3-5,9-10H2,1-2H3. The van der Waals surface area contributed by atoms with Crippen molar-refractivity contribution >= 4 is 21.6 Å². The van der Waals surface area contributed by atoms with Gasteiger partial charge in [-0.3, -0.25) is 9.52 Å². The van der Waals surface area contributed by atoms with Crippen molar-refractivity contribution in [2.24, 2.45) is 0 Å². The highest BCUT2D eigenvalue weighted by Gasteiger charge is 2.32. The number of benzene rings is 1. The van der Waals surface area contributed by atoms with Crippen LogP contribution < -0.4 is 4.72 Å². The normalized spacial score (nSPS) is 14.6. The Morgan fingerprint density at radius 2 is 1.89 bits per heavy atom. The van der Waals surface area contributed by atoms with Crippen molar-refractivity contribution in [3.63, 3.8) is 0 Å². The minimum Gasteiger partial charge on any atom is -0.361 e. The van der Waals surface area contributed by atoms with Gasteiger partial charge in [0.25, 0.3) is 15.9 Å². The van der Waals surface area contributed by atoms with Crippen LogP contribution in [0.4, 0.5) is 5.69 Å². The van der Waals surface area contributed by atoms with Gasteiger partial charge in [0.1, 0.15) is 4.90 Å². The lowest BCUT2D eigenvalue weighted by Crippen LogP contribution is -2.36. The summed E-state index contributed by atoms with van der Waals surface area (Å²) < 4.78 is 28.6. The van der Waals surface area contributed by atoms with Gasteiger partial charge in [-0.1, -0.05) is 6.07 Å². The molecule has 0 spiro atoms. The number of H-pyrrole nitrogens is 1. The number of anilines is 1. The first kappa shape index (κ1) is 19.0. The minimum absolute atomic E-state index is 0.0297. The second kappa shape index (κ2) is 7.45. The molecule has 0 saturated carbocycles. The van der Waals surface area contributed by atoms with E-state index in [0.29, 0.717) is 30.0 Å². The summed E-state index contributed by atoms with van der Waals surface area (Å²) in [6, 6.07) is 8.20. The zero-order valence-electron chi connectivity index (χ0n) is 15.4. The second-order valence-corrected chi connectivity index (χ2v) is 8.35. The topological polar surface area (TPSA) is 106 Å². The number of nitrogens with zero attached hydrogens (tertiary/aromatic N) is 2. The van der Waals surface area contributed by atoms with E-state index in [-0.39, 0.29) is 22.1 Å². The highest BCUT2D eigenvalue weighted by molar-refractivity contribution is 7.92. The molecule has 0 radical (unpaired) electrons. The van der Waals surface area contributed by atoms with Gasteiger partial charge in [-0.25, -0.2) is 8.42 Å². The number of sulfonamides is 1. The second-order valence-electron chi connectivity index (χ2n) is 6.73. The van der Waals surface area contributed by atoms with Crippen LogP contribution in [0.25, 0.3) is 0 Å². The Morgan fingerprint density at radius 1 is 1.19 bits per heavy atom. The molecule has 2 N–H and O–H groups in total. The maximum Gasteiger partial charge on any atom is 0.264 e. The Hall–Kier alpha value is -2.79. The third-order valence-corrected chi connectivity index (χ3v) is 6.24. The number of nitriles is 1. The van der Waals surface area contributed by atoms with Gasteiger partial charge in [0.05, 0.1) is 22.9 Å². The molecule has 0 bridgehead atoms. The van der Waals surface area contributed by atoms with Crippen LogP contribution in [0, 0.1) is 25.2 Å². The van der Waals surface area contributed by atoms with Crippen LogP contribution in [0.5, 0.6) is 0 Å². The molecule has 1 fully saturated rings. The largest absolute Gasteiger partial charge is 0.361 e. The molecule has 27 heavy (non-hydrogen) atoms. The van der Waals surface area contributed by atoms with Crippen LogP contribution in [0.1, 0.15) is 46.6 Å². The summed E-state index contributed by atoms with van der Waals surface area (Å²) in [5.74, 6) is -0.261. The van der Waals surface area contributed by atoms with Crippen LogP contribution >= 0.6 is 0 Å². The number of carbonyl (C=O) groups is 1. The molecule has 2 aromatic rings. The van der Waals surface area contributed by atoms with Gasteiger partial charge >= 0.3 is 0 Å². The molecule has 0 aliphatic carbocycles. The number of aryl methyl sites for hydroxylation is 2. The van der Waals surface area contributed by atoms with Gasteiger partial charge in [0, 0.05) is 24.5 Å². The van der Waals surface area contributed by atoms with Gasteiger partial charge < -0.3 is 9.88 Å². The van der Waals surface area contributed by atoms with Crippen LogP contribution in [-0.2, 0) is 10.0 Å². The van der Waals surface area contributed by atoms with Crippen molar-refractivity contribution in [1.29, 1.82) is 5.26 Å². The van der Waals surface area contributed by atoms with Gasteiger partial charge in [0.15, 0.2) is 0 Å². The van der Waals surface area contributed by atoms with Crippen molar-refractivity contribution in [3.8, 4) is 6.07 Å². The molecular formula is C19H22N4O3S. The lowest BCUT2D eigenvalue weighted by molar-refractivity contribution is 0.0720. The summed E-state index contributed by atoms with van der Waals surface area (Å²) in [6.45, 7) is 4.62. The number of hydrogen-bond acceptors (Lipinski definition) is 4. The predicted octanol–water partition coefficient (Wildman–Crippen LogP) is 2.93. The number of piperidine rings is 1. The zero-order valence-corrected chi connectivity index (χ0v) is 16.2. The fraction of sp³-hybridized carbons (Fsp3) is 0.368. The molecule has 7 nitrogen and oxygen atoms in total. The Morgan fingerprint density at radius 3 is 2.56 bits per heavy atom. The number of nitrogens with one attached hydrogen (secondary N) is 2. The average Bonchev–Trinajstić information content (AvgIpc) is 2.96. The van der Waals surface area contributed by atoms with Crippen LogP contribution in [0.3, 0.4) is 0 Å². The minimum atomic E-state index is -4.00. The molecule has 1 amide bonds. The van der Waals surface area contributed by atoms with E-state index in [2.05, 4.69) is 9.71 Å². The number of amides is 1. The monoisotopic (exact) mass is 386 g/mol. The Labute approximate surface area is 159 Å². The third-order valence-electron chi connectivity index (χ3n) is 4.69. The summed E-state index contributed by atoms with van der Waals surface area (Å²) >= 11 is 0. The molecule has 142 valence electrons. The number of likely N-dealkylation sites (tertiary alicyclic amines) is 1. The molecule has 3 rings (SSSR count). The zero-order chi connectivity index (χ0) is 19.6. The maximum absolute atomic E-state index is 13.1. The van der Waals surface area contributed by atoms with Crippen molar-refractivity contribution in [1.82, 2.24) is 9.88 Å². The van der Waals surface area contributed by atoms with Crippen molar-refractivity contribution < 1.29 is 13.2 Å². The first-order chi connectivity index (χ1) is 12.8. The van der Waals surface area contributed by atoms with E-state index in [9.17, 15) is 13.2 Å². The van der Waals surface area contributed by atoms with Crippen molar-refractivity contribution in [2.75, 3.05) is 17.8 Å². The predicted molar refractivity (Wildman–Crippen MR) is 102 cm³/mol. The molecule has 2 heterocycles. The first-order valence-corrected chi connectivity index (χ1v) is 10.3. The quantitative estimate of drug-likeness (QED) is 0.842. The molecule has 1 aromatic heterocycles. The molecule has 1 saturated heterocycles. The SMILES string of the molecule is Cc1[nH]c(C)c(S(=O)(=O)Nc2cccc(C#N)c2)c1C(=O)N1CCCCC1. The molecule has 0 unspecified atom stereocenters. The van der Waals surface area contributed by atoms with E-state index in [0.717, 1.165) is 19.3 Å². The molecule has 0 atom stereocenters. The number of aromatic amines is 1. The summed E-state index contributed by atoms with van der Waals surface area (Å²) in [7, 11) is -4.00. The van der Waals surface area contributed by atoms with Gasteiger partial charge in [-0.2, -0.15) is 5.26 Å². The highest BCUT2D eigenvalue weighted by Crippen LogP contribution is 2.28. The summed E-state index contributed by atoms with van der Waals surface area (Å²) in [5.41, 5.74) is 1.77. The van der Waals surface area contributed by atoms with E-state index >= 15 is 0 Å². The Balaban J connectivity index is 2.00. The first-order valence-electron chi connectivity index (χ1n) is 8.85. The molecule has 1 aliphatic rings. The molecule has 1 aromatic carbocycles. The fourth-order valence-corrected chi connectivity index (χ4v) is 4.97. The number of rotatable bonds is 4. The summed E-state index contributed by atoms with van der Waals surface area (Å²) in [5, 5.41) is 9.00. The Kier molecular flexibility index (Phi) is 5.24. The average molecular weight is 386 g/mol. The smallest absolute Gasteiger partial charge is 0.264 e. The van der Waals surface area contributed by atoms with Crippen LogP contribution in [0.15, 0.2) is 29.2 Å². The lowest BCUT2D eigenvalue weighted by atomic mass is 10.1.